The van der Waals surface area contributed by atoms with Crippen molar-refractivity contribution in [2.45, 2.75) is 51.9 Å². The van der Waals surface area contributed by atoms with Crippen LogP contribution in [-0.2, 0) is 4.74 Å². The summed E-state index contributed by atoms with van der Waals surface area (Å²) in [4.78, 5) is 0. The molecule has 3 N–H and O–H groups in total. The number of rotatable bonds is 7. The number of hydrogen-bond donors (Lipinski definition) is 2. The van der Waals surface area contributed by atoms with Crippen molar-refractivity contribution in [3.8, 4) is 0 Å². The van der Waals surface area contributed by atoms with Gasteiger partial charge in [0.25, 0.3) is 0 Å². The van der Waals surface area contributed by atoms with Crippen molar-refractivity contribution in [1.29, 1.82) is 0 Å². The topological polar surface area (TPSA) is 55.5 Å². The molecule has 0 radical (unpaired) electrons. The Bertz CT molecular complexity index is 105. The zero-order valence-electron chi connectivity index (χ0n) is 8.18. The van der Waals surface area contributed by atoms with Crippen LogP contribution in [0.4, 0.5) is 0 Å². The van der Waals surface area contributed by atoms with E-state index >= 15 is 0 Å². The van der Waals surface area contributed by atoms with Crippen LogP contribution in [0.15, 0.2) is 0 Å². The van der Waals surface area contributed by atoms with Crippen molar-refractivity contribution in [3.63, 3.8) is 0 Å². The lowest BCUT2D eigenvalue weighted by atomic mass is 10.1. The summed E-state index contributed by atoms with van der Waals surface area (Å²) in [5.74, 6) is -1.40. The Hall–Kier alpha value is -0.120. The molecular formula is C9H21NO2. The first-order valence-electron chi connectivity index (χ1n) is 4.77. The molecule has 3 heteroatoms. The Morgan fingerprint density at radius 1 is 1.25 bits per heavy atom. The molecule has 0 fully saturated rings. The first-order valence-corrected chi connectivity index (χ1v) is 4.77. The molecule has 0 rings (SSSR count). The minimum Gasteiger partial charge on any atom is -0.353 e. The van der Waals surface area contributed by atoms with E-state index < -0.39 is 5.91 Å². The number of hydrogen-bond acceptors (Lipinski definition) is 3. The maximum absolute atomic E-state index is 9.37. The van der Waals surface area contributed by atoms with Crippen LogP contribution in [-0.4, -0.2) is 17.6 Å². The first kappa shape index (κ1) is 11.9. The van der Waals surface area contributed by atoms with Crippen LogP contribution in [0, 0.1) is 0 Å². The summed E-state index contributed by atoms with van der Waals surface area (Å²) in [7, 11) is 0. The number of ether oxygens (including phenoxy) is 1. The lowest BCUT2D eigenvalue weighted by Crippen LogP contribution is -2.42. The molecule has 0 aromatic heterocycles. The van der Waals surface area contributed by atoms with E-state index in [9.17, 15) is 5.11 Å². The molecule has 0 aliphatic rings. The van der Waals surface area contributed by atoms with Crippen molar-refractivity contribution in [3.05, 3.63) is 0 Å². The third-order valence-electron chi connectivity index (χ3n) is 1.78. The minimum atomic E-state index is -1.40. The highest BCUT2D eigenvalue weighted by atomic mass is 16.6. The standard InChI is InChI=1S/C9H21NO2/c1-3-5-6-7-8-9(10,11)12-4-2/h11H,3-8,10H2,1-2H3. The fourth-order valence-electron chi connectivity index (χ4n) is 1.13. The molecule has 0 aliphatic heterocycles. The molecule has 3 nitrogen and oxygen atoms in total. The van der Waals surface area contributed by atoms with Crippen LogP contribution in [0.2, 0.25) is 0 Å². The van der Waals surface area contributed by atoms with Crippen LogP contribution in [0.3, 0.4) is 0 Å². The van der Waals surface area contributed by atoms with Crippen molar-refractivity contribution in [2.24, 2.45) is 5.73 Å². The van der Waals surface area contributed by atoms with Gasteiger partial charge in [-0.05, 0) is 13.3 Å². The lowest BCUT2D eigenvalue weighted by Gasteiger charge is -2.22. The predicted molar refractivity (Wildman–Crippen MR) is 49.5 cm³/mol. The fourth-order valence-corrected chi connectivity index (χ4v) is 1.13. The van der Waals surface area contributed by atoms with Gasteiger partial charge in [-0.15, -0.1) is 0 Å². The van der Waals surface area contributed by atoms with Gasteiger partial charge >= 0.3 is 0 Å². The average Bonchev–Trinajstić information content (AvgIpc) is 1.98. The molecule has 0 saturated heterocycles. The quantitative estimate of drug-likeness (QED) is 0.456. The highest BCUT2D eigenvalue weighted by Crippen LogP contribution is 2.11. The monoisotopic (exact) mass is 175 g/mol. The van der Waals surface area contributed by atoms with Crippen LogP contribution >= 0.6 is 0 Å². The van der Waals surface area contributed by atoms with Crippen molar-refractivity contribution in [2.75, 3.05) is 6.61 Å². The molecule has 0 aliphatic carbocycles. The molecule has 0 saturated carbocycles. The first-order chi connectivity index (χ1) is 5.62. The highest BCUT2D eigenvalue weighted by molar-refractivity contribution is 4.57. The van der Waals surface area contributed by atoms with Gasteiger partial charge < -0.3 is 9.84 Å². The average molecular weight is 175 g/mol. The summed E-state index contributed by atoms with van der Waals surface area (Å²) < 4.78 is 4.94. The largest absolute Gasteiger partial charge is 0.353 e. The minimum absolute atomic E-state index is 0.459. The Morgan fingerprint density at radius 2 is 1.92 bits per heavy atom. The molecule has 1 unspecified atom stereocenters. The third-order valence-corrected chi connectivity index (χ3v) is 1.78. The van der Waals surface area contributed by atoms with E-state index in [-0.39, 0.29) is 0 Å². The zero-order chi connectivity index (χ0) is 9.45. The Balaban J connectivity index is 3.33. The van der Waals surface area contributed by atoms with Crippen LogP contribution < -0.4 is 5.73 Å². The molecule has 0 aromatic carbocycles. The SMILES string of the molecule is CCCCCCC(N)(O)OCC. The van der Waals surface area contributed by atoms with Gasteiger partial charge in [0.2, 0.25) is 5.91 Å². The molecular weight excluding hydrogens is 154 g/mol. The Labute approximate surface area is 74.9 Å². The van der Waals surface area contributed by atoms with Gasteiger partial charge in [0.05, 0.1) is 0 Å². The van der Waals surface area contributed by atoms with E-state index in [1.165, 1.54) is 12.8 Å². The summed E-state index contributed by atoms with van der Waals surface area (Å²) in [6, 6.07) is 0. The van der Waals surface area contributed by atoms with E-state index in [1.807, 2.05) is 6.92 Å². The van der Waals surface area contributed by atoms with Crippen LogP contribution in [0.25, 0.3) is 0 Å². The van der Waals surface area contributed by atoms with Crippen molar-refractivity contribution in [1.82, 2.24) is 0 Å². The second kappa shape index (κ2) is 6.40. The van der Waals surface area contributed by atoms with Gasteiger partial charge in [0.15, 0.2) is 0 Å². The maximum atomic E-state index is 9.37. The van der Waals surface area contributed by atoms with Gasteiger partial charge in [0, 0.05) is 13.0 Å². The molecule has 0 bridgehead atoms. The Morgan fingerprint density at radius 3 is 2.42 bits per heavy atom. The van der Waals surface area contributed by atoms with E-state index in [0.29, 0.717) is 13.0 Å². The summed E-state index contributed by atoms with van der Waals surface area (Å²) in [6.07, 6.45) is 4.96. The van der Waals surface area contributed by atoms with Crippen LogP contribution in [0.1, 0.15) is 46.0 Å². The third kappa shape index (κ3) is 6.58. The van der Waals surface area contributed by atoms with Gasteiger partial charge in [-0.1, -0.05) is 26.2 Å². The molecule has 0 amide bonds. The lowest BCUT2D eigenvalue weighted by molar-refractivity contribution is -0.201. The van der Waals surface area contributed by atoms with Crippen LogP contribution in [0.5, 0.6) is 0 Å². The molecule has 74 valence electrons. The normalized spacial score (nSPS) is 16.0. The Kier molecular flexibility index (Phi) is 6.34. The number of nitrogens with two attached hydrogens (primary N) is 1. The summed E-state index contributed by atoms with van der Waals surface area (Å²) >= 11 is 0. The molecule has 0 aromatic rings. The van der Waals surface area contributed by atoms with E-state index in [2.05, 4.69) is 6.92 Å². The second-order valence-corrected chi connectivity index (χ2v) is 3.09. The summed E-state index contributed by atoms with van der Waals surface area (Å²) in [5, 5.41) is 9.37. The molecule has 0 spiro atoms. The predicted octanol–water partition coefficient (Wildman–Crippen LogP) is 1.60. The zero-order valence-corrected chi connectivity index (χ0v) is 8.18. The van der Waals surface area contributed by atoms with E-state index in [0.717, 1.165) is 12.8 Å². The van der Waals surface area contributed by atoms with E-state index in [1.54, 1.807) is 0 Å². The molecule has 1 atom stereocenters. The van der Waals surface area contributed by atoms with E-state index in [4.69, 9.17) is 10.5 Å². The van der Waals surface area contributed by atoms with Crippen molar-refractivity contribution < 1.29 is 9.84 Å². The number of aliphatic hydroxyl groups is 1. The van der Waals surface area contributed by atoms with Gasteiger partial charge in [-0.3, -0.25) is 5.73 Å². The maximum Gasteiger partial charge on any atom is 0.222 e. The summed E-state index contributed by atoms with van der Waals surface area (Å²) in [6.45, 7) is 4.43. The second-order valence-electron chi connectivity index (χ2n) is 3.09. The van der Waals surface area contributed by atoms with Gasteiger partial charge in [-0.2, -0.15) is 0 Å². The smallest absolute Gasteiger partial charge is 0.222 e. The number of unbranched alkanes of at least 4 members (excludes halogenated alkanes) is 3. The van der Waals surface area contributed by atoms with Gasteiger partial charge in [-0.25, -0.2) is 0 Å². The molecule has 0 heterocycles. The van der Waals surface area contributed by atoms with Gasteiger partial charge in [0.1, 0.15) is 0 Å². The fraction of sp³-hybridized carbons (Fsp3) is 1.00. The highest BCUT2D eigenvalue weighted by Gasteiger charge is 2.19. The van der Waals surface area contributed by atoms with Crippen molar-refractivity contribution >= 4 is 0 Å². The molecule has 12 heavy (non-hydrogen) atoms. The summed E-state index contributed by atoms with van der Waals surface area (Å²) in [5.41, 5.74) is 5.44.